The van der Waals surface area contributed by atoms with E-state index in [-0.39, 0.29) is 48.5 Å². The van der Waals surface area contributed by atoms with Crippen LogP contribution in [0, 0.1) is 0 Å². The number of alkyl halides is 1. The normalized spacial score (nSPS) is 22.3. The van der Waals surface area contributed by atoms with Gasteiger partial charge < -0.3 is 20.1 Å². The molecule has 4 rings (SSSR count). The van der Waals surface area contributed by atoms with Gasteiger partial charge in [-0.15, -0.1) is 0 Å². The van der Waals surface area contributed by atoms with Crippen LogP contribution in [0.3, 0.4) is 0 Å². The molecule has 2 aliphatic rings. The van der Waals surface area contributed by atoms with Crippen molar-refractivity contribution in [2.45, 2.75) is 51.1 Å². The molecule has 0 aliphatic carbocycles. The van der Waals surface area contributed by atoms with Gasteiger partial charge in [0.2, 0.25) is 5.88 Å². The van der Waals surface area contributed by atoms with Crippen molar-refractivity contribution in [1.29, 1.82) is 0 Å². The molecule has 0 spiro atoms. The number of sulfone groups is 1. The molecule has 2 saturated heterocycles. The Morgan fingerprint density at radius 3 is 2.51 bits per heavy atom. The fraction of sp³-hybridized carbons (Fsp3) is 0.545. The summed E-state index contributed by atoms with van der Waals surface area (Å²) in [5.41, 5.74) is 5.95. The molecule has 2 atom stereocenters. The molecule has 0 radical (unpaired) electrons. The Labute approximate surface area is 202 Å². The molecule has 2 aromatic rings. The first-order valence-electron chi connectivity index (χ1n) is 11.1. The van der Waals surface area contributed by atoms with Crippen LogP contribution >= 0.6 is 0 Å². The topological polar surface area (TPSA) is 147 Å². The number of ether oxygens (including phenoxy) is 2. The number of nitrogens with zero attached hydrogens (tertiary/aromatic N) is 4. The molecule has 2 fully saturated rings. The van der Waals surface area contributed by atoms with E-state index in [0.717, 1.165) is 0 Å². The summed E-state index contributed by atoms with van der Waals surface area (Å²) in [6.07, 6.45) is 1.80. The van der Waals surface area contributed by atoms with Crippen LogP contribution in [0.1, 0.15) is 43.6 Å². The number of aromatic nitrogens is 3. The van der Waals surface area contributed by atoms with Crippen LogP contribution in [0.15, 0.2) is 24.7 Å². The van der Waals surface area contributed by atoms with Gasteiger partial charge in [-0.25, -0.2) is 22.6 Å². The van der Waals surface area contributed by atoms with Gasteiger partial charge in [-0.05, 0) is 26.8 Å². The van der Waals surface area contributed by atoms with Crippen LogP contribution in [0.25, 0.3) is 11.1 Å². The summed E-state index contributed by atoms with van der Waals surface area (Å²) >= 11 is 0. The Kier molecular flexibility index (Phi) is 6.47. The molecule has 0 unspecified atom stereocenters. The zero-order chi connectivity index (χ0) is 25.5. The molecule has 13 heteroatoms. The lowest BCUT2D eigenvalue weighted by atomic mass is 10.1. The third kappa shape index (κ3) is 5.72. The number of piperidine rings is 1. The summed E-state index contributed by atoms with van der Waals surface area (Å²) in [6, 6.07) is 1.25. The van der Waals surface area contributed by atoms with Crippen LogP contribution in [-0.4, -0.2) is 82.6 Å². The second kappa shape index (κ2) is 9.10. The maximum absolute atomic E-state index is 14.9. The van der Waals surface area contributed by atoms with Crippen molar-refractivity contribution in [1.82, 2.24) is 19.7 Å². The van der Waals surface area contributed by atoms with Gasteiger partial charge in [-0.2, -0.15) is 5.10 Å². The van der Waals surface area contributed by atoms with Gasteiger partial charge in [-0.3, -0.25) is 9.48 Å². The molecular weight excluding hydrogens is 481 g/mol. The van der Waals surface area contributed by atoms with Crippen molar-refractivity contribution in [3.63, 3.8) is 0 Å². The van der Waals surface area contributed by atoms with Crippen LogP contribution in [-0.2, 0) is 14.6 Å². The summed E-state index contributed by atoms with van der Waals surface area (Å²) in [7, 11) is -3.00. The fourth-order valence-electron chi connectivity index (χ4n) is 3.91. The molecule has 2 aliphatic heterocycles. The molecule has 190 valence electrons. The van der Waals surface area contributed by atoms with E-state index < -0.39 is 39.7 Å². The minimum atomic E-state index is -3.00. The van der Waals surface area contributed by atoms with Crippen LogP contribution in [0.4, 0.5) is 9.18 Å². The second-order valence-corrected chi connectivity index (χ2v) is 11.9. The molecule has 2 amide bonds. The van der Waals surface area contributed by atoms with Crippen molar-refractivity contribution >= 4 is 21.8 Å². The maximum Gasteiger partial charge on any atom is 0.410 e. The lowest BCUT2D eigenvalue weighted by molar-refractivity contribution is -0.0115. The highest BCUT2D eigenvalue weighted by molar-refractivity contribution is 7.92. The van der Waals surface area contributed by atoms with Gasteiger partial charge >= 0.3 is 6.09 Å². The van der Waals surface area contributed by atoms with E-state index in [4.69, 9.17) is 15.2 Å². The standard InChI is InChI=1S/C22H28FN5O6S/c1-22(2,3)34-21(30)27-5-4-18(17(23)10-27)33-20-16(19(24)29)6-13(7-25-20)14-8-26-28(9-14)15-11-35(31,32)12-15/h6-9,15,17-18H,4-5,10-12H2,1-3H3,(H2,24,29)/t17-,18+/m1/s1. The van der Waals surface area contributed by atoms with E-state index in [0.29, 0.717) is 11.1 Å². The van der Waals surface area contributed by atoms with Crippen LogP contribution in [0.2, 0.25) is 0 Å². The van der Waals surface area contributed by atoms with Crippen molar-refractivity contribution in [3.05, 3.63) is 30.2 Å². The largest absolute Gasteiger partial charge is 0.471 e. The van der Waals surface area contributed by atoms with Crippen LogP contribution < -0.4 is 10.5 Å². The summed E-state index contributed by atoms with van der Waals surface area (Å²) in [4.78, 5) is 29.8. The number of carbonyl (C=O) groups is 2. The highest BCUT2D eigenvalue weighted by Gasteiger charge is 2.37. The lowest BCUT2D eigenvalue weighted by Crippen LogP contribution is -2.50. The Balaban J connectivity index is 1.45. The number of carbonyl (C=O) groups excluding carboxylic acids is 2. The number of halogens is 1. The molecule has 4 heterocycles. The fourth-order valence-corrected chi connectivity index (χ4v) is 5.29. The van der Waals surface area contributed by atoms with Gasteiger partial charge in [-0.1, -0.05) is 0 Å². The minimum Gasteiger partial charge on any atom is -0.471 e. The number of hydrogen-bond donors (Lipinski definition) is 1. The number of hydrogen-bond acceptors (Lipinski definition) is 8. The number of amides is 2. The van der Waals surface area contributed by atoms with Crippen molar-refractivity contribution in [3.8, 4) is 17.0 Å². The smallest absolute Gasteiger partial charge is 0.410 e. The summed E-state index contributed by atoms with van der Waals surface area (Å²) in [5, 5.41) is 4.21. The summed E-state index contributed by atoms with van der Waals surface area (Å²) in [6.45, 7) is 5.21. The zero-order valence-electron chi connectivity index (χ0n) is 19.7. The van der Waals surface area contributed by atoms with E-state index in [9.17, 15) is 22.4 Å². The Bertz CT molecular complexity index is 1230. The number of pyridine rings is 1. The van der Waals surface area contributed by atoms with E-state index in [1.54, 1.807) is 31.6 Å². The molecular formula is C22H28FN5O6S. The van der Waals surface area contributed by atoms with E-state index in [1.807, 2.05) is 0 Å². The van der Waals surface area contributed by atoms with Gasteiger partial charge in [0.25, 0.3) is 5.91 Å². The number of primary amides is 1. The van der Waals surface area contributed by atoms with Gasteiger partial charge in [0.1, 0.15) is 17.3 Å². The van der Waals surface area contributed by atoms with Crippen molar-refractivity contribution in [2.24, 2.45) is 5.73 Å². The average Bonchev–Trinajstić information content (AvgIpc) is 3.22. The lowest BCUT2D eigenvalue weighted by Gasteiger charge is -2.35. The zero-order valence-corrected chi connectivity index (χ0v) is 20.5. The summed E-state index contributed by atoms with van der Waals surface area (Å²) in [5.74, 6) is -0.837. The Morgan fingerprint density at radius 2 is 1.91 bits per heavy atom. The van der Waals surface area contributed by atoms with Crippen LogP contribution in [0.5, 0.6) is 5.88 Å². The van der Waals surface area contributed by atoms with Gasteiger partial charge in [0, 0.05) is 36.5 Å². The van der Waals surface area contributed by atoms with Crippen molar-refractivity contribution in [2.75, 3.05) is 24.6 Å². The van der Waals surface area contributed by atoms with Gasteiger partial charge in [0.05, 0.1) is 30.3 Å². The molecule has 2 N–H and O–H groups in total. The van der Waals surface area contributed by atoms with E-state index in [1.165, 1.54) is 23.4 Å². The van der Waals surface area contributed by atoms with Crippen molar-refractivity contribution < 1.29 is 31.9 Å². The SMILES string of the molecule is CC(C)(C)OC(=O)N1CC[C@H](Oc2ncc(-c3cnn(C4CS(=O)(=O)C4)c3)cc2C(N)=O)[C@H](F)C1. The predicted octanol–water partition coefficient (Wildman–Crippen LogP) is 1.74. The molecule has 2 aromatic heterocycles. The quantitative estimate of drug-likeness (QED) is 0.641. The average molecular weight is 510 g/mol. The highest BCUT2D eigenvalue weighted by Crippen LogP contribution is 2.29. The number of nitrogens with two attached hydrogens (primary N) is 1. The maximum atomic E-state index is 14.9. The Hall–Kier alpha value is -3.22. The molecule has 0 bridgehead atoms. The first-order chi connectivity index (χ1) is 16.3. The third-order valence-corrected chi connectivity index (χ3v) is 7.50. The monoisotopic (exact) mass is 509 g/mol. The number of likely N-dealkylation sites (tertiary alicyclic amines) is 1. The van der Waals surface area contributed by atoms with E-state index in [2.05, 4.69) is 10.1 Å². The molecule has 11 nitrogen and oxygen atoms in total. The third-order valence-electron chi connectivity index (χ3n) is 5.71. The first-order valence-corrected chi connectivity index (χ1v) is 13.0. The van der Waals surface area contributed by atoms with E-state index >= 15 is 0 Å². The predicted molar refractivity (Wildman–Crippen MR) is 123 cm³/mol. The molecule has 0 aromatic carbocycles. The highest BCUT2D eigenvalue weighted by atomic mass is 32.2. The summed E-state index contributed by atoms with van der Waals surface area (Å²) < 4.78 is 50.3. The number of rotatable bonds is 5. The second-order valence-electron chi connectivity index (χ2n) is 9.77. The molecule has 35 heavy (non-hydrogen) atoms. The Morgan fingerprint density at radius 1 is 1.20 bits per heavy atom. The molecule has 0 saturated carbocycles. The first kappa shape index (κ1) is 24.9. The van der Waals surface area contributed by atoms with Gasteiger partial charge in [0.15, 0.2) is 16.0 Å². The minimum absolute atomic E-state index is 0.0248.